The first-order valence-corrected chi connectivity index (χ1v) is 6.28. The molecule has 0 aliphatic carbocycles. The molecule has 0 spiro atoms. The van der Waals surface area contributed by atoms with Gasteiger partial charge in [-0.3, -0.25) is 0 Å². The van der Waals surface area contributed by atoms with Gasteiger partial charge in [-0.25, -0.2) is 0 Å². The van der Waals surface area contributed by atoms with E-state index in [0.717, 1.165) is 25.9 Å². The predicted molar refractivity (Wildman–Crippen MR) is 67.7 cm³/mol. The van der Waals surface area contributed by atoms with E-state index in [1.165, 1.54) is 12.1 Å². The van der Waals surface area contributed by atoms with E-state index in [1.54, 1.807) is 6.07 Å². The molecule has 3 N–H and O–H groups in total. The van der Waals surface area contributed by atoms with E-state index in [1.807, 2.05) is 0 Å². The van der Waals surface area contributed by atoms with Crippen LogP contribution in [0, 0.1) is 5.92 Å². The molecule has 1 aromatic heterocycles. The van der Waals surface area contributed by atoms with Crippen LogP contribution in [-0.4, -0.2) is 33.4 Å². The molecule has 2 heterocycles. The van der Waals surface area contributed by atoms with Gasteiger partial charge in [0.25, 0.3) is 0 Å². The van der Waals surface area contributed by atoms with Gasteiger partial charge >= 0.3 is 0 Å². The first-order valence-electron chi connectivity index (χ1n) is 6.28. The quantitative estimate of drug-likeness (QED) is 0.721. The summed E-state index contributed by atoms with van der Waals surface area (Å²) >= 11 is 0. The minimum atomic E-state index is -0.191. The average Bonchev–Trinajstić information content (AvgIpc) is 3.05. The van der Waals surface area contributed by atoms with Crippen LogP contribution >= 0.6 is 0 Å². The highest BCUT2D eigenvalue weighted by Gasteiger charge is 2.19. The van der Waals surface area contributed by atoms with Crippen molar-refractivity contribution in [1.82, 2.24) is 15.5 Å². The number of phenolic OH excluding ortho intramolecular Hbond substituents is 2. The molecule has 1 aromatic carbocycles. The molecule has 100 valence electrons. The van der Waals surface area contributed by atoms with Crippen LogP contribution in [0.4, 0.5) is 0 Å². The van der Waals surface area contributed by atoms with E-state index in [0.29, 0.717) is 23.2 Å². The van der Waals surface area contributed by atoms with Crippen molar-refractivity contribution < 1.29 is 14.7 Å². The summed E-state index contributed by atoms with van der Waals surface area (Å²) in [6.07, 6.45) is 1.89. The van der Waals surface area contributed by atoms with Gasteiger partial charge in [0.1, 0.15) is 0 Å². The zero-order valence-electron chi connectivity index (χ0n) is 10.3. The number of hydrogen-bond donors (Lipinski definition) is 3. The van der Waals surface area contributed by atoms with Crippen molar-refractivity contribution in [2.75, 3.05) is 13.1 Å². The Balaban J connectivity index is 1.78. The molecule has 1 atom stereocenters. The molecule has 3 rings (SSSR count). The Labute approximate surface area is 110 Å². The van der Waals surface area contributed by atoms with Gasteiger partial charge in [0.15, 0.2) is 11.5 Å². The molecule has 1 aliphatic heterocycles. The summed E-state index contributed by atoms with van der Waals surface area (Å²) in [5.74, 6) is 1.22. The third-order valence-corrected chi connectivity index (χ3v) is 3.33. The predicted octanol–water partition coefficient (Wildman–Crippen LogP) is 1.30. The average molecular weight is 261 g/mol. The molecule has 6 heteroatoms. The van der Waals surface area contributed by atoms with Crippen LogP contribution in [0.3, 0.4) is 0 Å². The molecule has 0 saturated carbocycles. The zero-order valence-corrected chi connectivity index (χ0v) is 10.3. The maximum Gasteiger partial charge on any atom is 0.227 e. The SMILES string of the molecule is Oc1ccc(-c2noc(CC3CCNC3)n2)cc1O. The number of phenols is 2. The normalized spacial score (nSPS) is 18.8. The summed E-state index contributed by atoms with van der Waals surface area (Å²) in [4.78, 5) is 4.32. The summed E-state index contributed by atoms with van der Waals surface area (Å²) in [7, 11) is 0. The van der Waals surface area contributed by atoms with Crippen molar-refractivity contribution >= 4 is 0 Å². The van der Waals surface area contributed by atoms with Crippen LogP contribution < -0.4 is 5.32 Å². The summed E-state index contributed by atoms with van der Waals surface area (Å²) in [6, 6.07) is 4.46. The fourth-order valence-corrected chi connectivity index (χ4v) is 2.25. The monoisotopic (exact) mass is 261 g/mol. The van der Waals surface area contributed by atoms with Gasteiger partial charge in [0.2, 0.25) is 11.7 Å². The van der Waals surface area contributed by atoms with Crippen LogP contribution in [0.15, 0.2) is 22.7 Å². The summed E-state index contributed by atoms with van der Waals surface area (Å²) in [5.41, 5.74) is 0.620. The topological polar surface area (TPSA) is 91.4 Å². The molecule has 1 unspecified atom stereocenters. The zero-order chi connectivity index (χ0) is 13.2. The molecular weight excluding hydrogens is 246 g/mol. The first-order chi connectivity index (χ1) is 9.22. The number of aromatic hydroxyl groups is 2. The van der Waals surface area contributed by atoms with E-state index in [4.69, 9.17) is 4.52 Å². The molecule has 1 saturated heterocycles. The minimum Gasteiger partial charge on any atom is -0.504 e. The van der Waals surface area contributed by atoms with Crippen LogP contribution in [0.1, 0.15) is 12.3 Å². The smallest absolute Gasteiger partial charge is 0.227 e. The Morgan fingerprint density at radius 3 is 2.95 bits per heavy atom. The lowest BCUT2D eigenvalue weighted by atomic mass is 10.1. The molecule has 0 radical (unpaired) electrons. The second kappa shape index (κ2) is 4.89. The highest BCUT2D eigenvalue weighted by Crippen LogP contribution is 2.29. The molecule has 0 amide bonds. The number of nitrogens with one attached hydrogen (secondary N) is 1. The number of aromatic nitrogens is 2. The van der Waals surface area contributed by atoms with Crippen molar-refractivity contribution in [1.29, 1.82) is 0 Å². The molecule has 19 heavy (non-hydrogen) atoms. The van der Waals surface area contributed by atoms with Crippen LogP contribution in [-0.2, 0) is 6.42 Å². The number of nitrogens with zero attached hydrogens (tertiary/aromatic N) is 2. The van der Waals surface area contributed by atoms with Crippen LogP contribution in [0.5, 0.6) is 11.5 Å². The van der Waals surface area contributed by atoms with Crippen molar-refractivity contribution in [3.8, 4) is 22.9 Å². The second-order valence-electron chi connectivity index (χ2n) is 4.78. The lowest BCUT2D eigenvalue weighted by Gasteiger charge is -2.02. The van der Waals surface area contributed by atoms with Crippen molar-refractivity contribution in [3.05, 3.63) is 24.1 Å². The van der Waals surface area contributed by atoms with Gasteiger partial charge in [-0.1, -0.05) is 5.16 Å². The fraction of sp³-hybridized carbons (Fsp3) is 0.385. The number of hydrogen-bond acceptors (Lipinski definition) is 6. The van der Waals surface area contributed by atoms with Gasteiger partial charge in [0, 0.05) is 12.0 Å². The minimum absolute atomic E-state index is 0.163. The Morgan fingerprint density at radius 2 is 2.21 bits per heavy atom. The standard InChI is InChI=1S/C13H15N3O3/c17-10-2-1-9(6-11(10)18)13-15-12(19-16-13)5-8-3-4-14-7-8/h1-2,6,8,14,17-18H,3-5,7H2. The van der Waals surface area contributed by atoms with Crippen LogP contribution in [0.25, 0.3) is 11.4 Å². The third-order valence-electron chi connectivity index (χ3n) is 3.33. The number of benzene rings is 1. The molecule has 6 nitrogen and oxygen atoms in total. The highest BCUT2D eigenvalue weighted by molar-refractivity contribution is 5.59. The van der Waals surface area contributed by atoms with Crippen LogP contribution in [0.2, 0.25) is 0 Å². The van der Waals surface area contributed by atoms with Gasteiger partial charge in [-0.2, -0.15) is 4.98 Å². The lowest BCUT2D eigenvalue weighted by molar-refractivity contribution is 0.358. The Hall–Kier alpha value is -2.08. The van der Waals surface area contributed by atoms with E-state index in [2.05, 4.69) is 15.5 Å². The molecule has 1 aliphatic rings. The summed E-state index contributed by atoms with van der Waals surface area (Å²) < 4.78 is 5.22. The molecule has 2 aromatic rings. The Morgan fingerprint density at radius 1 is 1.32 bits per heavy atom. The first kappa shape index (κ1) is 12.0. The van der Waals surface area contributed by atoms with Crippen molar-refractivity contribution in [2.45, 2.75) is 12.8 Å². The Kier molecular flexibility index (Phi) is 3.08. The van der Waals surface area contributed by atoms with Crippen molar-refractivity contribution in [2.24, 2.45) is 5.92 Å². The van der Waals surface area contributed by atoms with Gasteiger partial charge in [-0.15, -0.1) is 0 Å². The van der Waals surface area contributed by atoms with E-state index in [-0.39, 0.29) is 11.5 Å². The van der Waals surface area contributed by atoms with E-state index in [9.17, 15) is 10.2 Å². The molecule has 0 bridgehead atoms. The summed E-state index contributed by atoms with van der Waals surface area (Å²) in [5, 5.41) is 25.9. The van der Waals surface area contributed by atoms with E-state index < -0.39 is 0 Å². The number of rotatable bonds is 3. The van der Waals surface area contributed by atoms with Crippen molar-refractivity contribution in [3.63, 3.8) is 0 Å². The fourth-order valence-electron chi connectivity index (χ4n) is 2.25. The molecule has 1 fully saturated rings. The maximum absolute atomic E-state index is 9.45. The largest absolute Gasteiger partial charge is 0.504 e. The Bertz CT molecular complexity index is 576. The third kappa shape index (κ3) is 2.53. The van der Waals surface area contributed by atoms with Gasteiger partial charge in [-0.05, 0) is 43.6 Å². The van der Waals surface area contributed by atoms with E-state index >= 15 is 0 Å². The maximum atomic E-state index is 9.45. The highest BCUT2D eigenvalue weighted by atomic mass is 16.5. The lowest BCUT2D eigenvalue weighted by Crippen LogP contribution is -2.10. The van der Waals surface area contributed by atoms with Gasteiger partial charge in [0.05, 0.1) is 0 Å². The summed E-state index contributed by atoms with van der Waals surface area (Å²) in [6.45, 7) is 2.02. The molecular formula is C13H15N3O3. The van der Waals surface area contributed by atoms with Gasteiger partial charge < -0.3 is 20.1 Å². The second-order valence-corrected chi connectivity index (χ2v) is 4.78.